The molecule has 0 amide bonds. The van der Waals surface area contributed by atoms with Crippen LogP contribution >= 0.6 is 0 Å². The summed E-state index contributed by atoms with van der Waals surface area (Å²) < 4.78 is 27.8. The fourth-order valence-electron chi connectivity index (χ4n) is 3.66. The molecule has 0 saturated carbocycles. The molecule has 0 aromatic carbocycles. The normalized spacial score (nSPS) is 28.2. The average molecular weight is 453 g/mol. The summed E-state index contributed by atoms with van der Waals surface area (Å²) in [7, 11) is -6.53. The van der Waals surface area contributed by atoms with Crippen LogP contribution < -0.4 is 0 Å². The molecule has 1 rings (SSSR count). The van der Waals surface area contributed by atoms with Crippen LogP contribution in [0.3, 0.4) is 0 Å². The molecule has 1 fully saturated rings. The second-order valence-corrected chi connectivity index (χ2v) is 30.8. The SMILES string of the molecule is CC([SiH3])C1(O[Si](C)(C)C)O[Si](C)(C)CCC1(O[Si](C)(C)C)O[Si](C)(C)C. The molecule has 0 aromatic rings. The van der Waals surface area contributed by atoms with Gasteiger partial charge in [0.05, 0.1) is 0 Å². The summed E-state index contributed by atoms with van der Waals surface area (Å²) in [5.41, 5.74) is 0.286. The molecule has 2 unspecified atom stereocenters. The minimum atomic E-state index is -1.89. The standard InChI is InChI=1S/C17H44O4Si5/c1-15(22)17(20-25(8,9)10)16(18-23(2,3)4,19-24(5,6)7)13-14-26(11,12)21-17/h15H,13-14H2,1-12,22H3. The molecule has 0 aromatic heterocycles. The van der Waals surface area contributed by atoms with Gasteiger partial charge < -0.3 is 17.7 Å². The van der Waals surface area contributed by atoms with Crippen molar-refractivity contribution in [1.82, 2.24) is 0 Å². The number of rotatable bonds is 7. The van der Waals surface area contributed by atoms with E-state index < -0.39 is 44.8 Å². The Labute approximate surface area is 169 Å². The van der Waals surface area contributed by atoms with Crippen LogP contribution in [0.25, 0.3) is 0 Å². The quantitative estimate of drug-likeness (QED) is 0.413. The van der Waals surface area contributed by atoms with E-state index in [1.165, 1.54) is 0 Å². The summed E-state index contributed by atoms with van der Waals surface area (Å²) in [6, 6.07) is 1.05. The van der Waals surface area contributed by atoms with Gasteiger partial charge in [-0.2, -0.15) is 0 Å². The molecule has 1 heterocycles. The largest absolute Gasteiger partial charge is 0.388 e. The Kier molecular flexibility index (Phi) is 7.33. The van der Waals surface area contributed by atoms with Crippen molar-refractivity contribution in [3.63, 3.8) is 0 Å². The molecule has 156 valence electrons. The molecule has 26 heavy (non-hydrogen) atoms. The summed E-state index contributed by atoms with van der Waals surface area (Å²) in [6.07, 6.45) is 0.887. The molecule has 1 saturated heterocycles. The molecule has 9 heteroatoms. The first-order valence-electron chi connectivity index (χ1n) is 10.0. The predicted molar refractivity (Wildman–Crippen MR) is 126 cm³/mol. The molecular formula is C17H44O4Si5. The van der Waals surface area contributed by atoms with Gasteiger partial charge in [-0.3, -0.25) is 0 Å². The Morgan fingerprint density at radius 2 is 1.23 bits per heavy atom. The number of hydrogen-bond acceptors (Lipinski definition) is 4. The highest BCUT2D eigenvalue weighted by molar-refractivity contribution is 6.73. The lowest BCUT2D eigenvalue weighted by molar-refractivity contribution is -0.330. The second-order valence-electron chi connectivity index (χ2n) is 11.6. The zero-order valence-electron chi connectivity index (χ0n) is 19.6. The third kappa shape index (κ3) is 6.48. The Balaban J connectivity index is 3.66. The smallest absolute Gasteiger partial charge is 0.203 e. The van der Waals surface area contributed by atoms with Crippen molar-refractivity contribution < 1.29 is 17.7 Å². The van der Waals surface area contributed by atoms with Gasteiger partial charge in [0.15, 0.2) is 33.3 Å². The van der Waals surface area contributed by atoms with E-state index >= 15 is 0 Å². The zero-order chi connectivity index (χ0) is 20.8. The molecule has 4 nitrogen and oxygen atoms in total. The predicted octanol–water partition coefficient (Wildman–Crippen LogP) is 4.73. The highest BCUT2D eigenvalue weighted by Crippen LogP contribution is 2.53. The molecule has 0 N–H and O–H groups in total. The fourth-order valence-corrected chi connectivity index (χ4v) is 11.2. The summed E-state index contributed by atoms with van der Waals surface area (Å²) >= 11 is 0. The van der Waals surface area contributed by atoms with Crippen LogP contribution in [0.5, 0.6) is 0 Å². The van der Waals surface area contributed by atoms with Crippen molar-refractivity contribution in [2.75, 3.05) is 0 Å². The van der Waals surface area contributed by atoms with Crippen LogP contribution in [0.15, 0.2) is 0 Å². The first-order valence-corrected chi connectivity index (χ1v) is 24.5. The van der Waals surface area contributed by atoms with Gasteiger partial charge in [0.1, 0.15) is 0 Å². The molecule has 0 bridgehead atoms. The Bertz CT molecular complexity index is 471. The zero-order valence-corrected chi connectivity index (χ0v) is 25.6. The Morgan fingerprint density at radius 3 is 1.54 bits per heavy atom. The van der Waals surface area contributed by atoms with Crippen molar-refractivity contribution in [2.45, 2.75) is 109 Å². The van der Waals surface area contributed by atoms with E-state index in [-0.39, 0.29) is 5.54 Å². The molecule has 0 spiro atoms. The fraction of sp³-hybridized carbons (Fsp3) is 1.00. The van der Waals surface area contributed by atoms with Gasteiger partial charge in [-0.1, -0.05) is 6.92 Å². The van der Waals surface area contributed by atoms with Crippen LogP contribution in [0.4, 0.5) is 0 Å². The lowest BCUT2D eigenvalue weighted by Crippen LogP contribution is -2.74. The van der Waals surface area contributed by atoms with Crippen LogP contribution in [-0.4, -0.2) is 55.1 Å². The van der Waals surface area contributed by atoms with Gasteiger partial charge in [0.25, 0.3) is 0 Å². The van der Waals surface area contributed by atoms with Gasteiger partial charge in [-0.05, 0) is 83.6 Å². The van der Waals surface area contributed by atoms with Gasteiger partial charge in [-0.25, -0.2) is 0 Å². The molecule has 1 aliphatic heterocycles. The van der Waals surface area contributed by atoms with Crippen molar-refractivity contribution in [3.8, 4) is 0 Å². The van der Waals surface area contributed by atoms with E-state index in [9.17, 15) is 0 Å². The highest BCUT2D eigenvalue weighted by atomic mass is 28.4. The van der Waals surface area contributed by atoms with E-state index in [1.807, 2.05) is 0 Å². The molecule has 0 aliphatic carbocycles. The first-order chi connectivity index (χ1) is 11.2. The molecule has 2 atom stereocenters. The molecule has 1 aliphatic rings. The van der Waals surface area contributed by atoms with Gasteiger partial charge in [0.2, 0.25) is 11.6 Å². The van der Waals surface area contributed by atoms with Crippen molar-refractivity contribution in [3.05, 3.63) is 0 Å². The van der Waals surface area contributed by atoms with Crippen LogP contribution in [0.2, 0.25) is 83.6 Å². The van der Waals surface area contributed by atoms with Crippen LogP contribution in [0.1, 0.15) is 13.3 Å². The summed E-state index contributed by atoms with van der Waals surface area (Å²) in [5, 5.41) is 0. The maximum absolute atomic E-state index is 6.99. The Hall–Kier alpha value is 0.924. The van der Waals surface area contributed by atoms with E-state index in [0.29, 0.717) is 0 Å². The summed E-state index contributed by atoms with van der Waals surface area (Å²) in [4.78, 5) is 0. The maximum Gasteiger partial charge on any atom is 0.203 e. The van der Waals surface area contributed by atoms with E-state index in [2.05, 4.69) is 78.9 Å². The lowest BCUT2D eigenvalue weighted by Gasteiger charge is -2.61. The minimum Gasteiger partial charge on any atom is -0.388 e. The third-order valence-electron chi connectivity index (χ3n) is 4.18. The summed E-state index contributed by atoms with van der Waals surface area (Å²) in [5.74, 6) is -1.54. The van der Waals surface area contributed by atoms with E-state index in [1.54, 1.807) is 0 Å². The topological polar surface area (TPSA) is 36.9 Å². The first kappa shape index (κ1) is 25.0. The van der Waals surface area contributed by atoms with E-state index in [0.717, 1.165) is 22.7 Å². The van der Waals surface area contributed by atoms with Crippen LogP contribution in [-0.2, 0) is 17.7 Å². The average Bonchev–Trinajstić information content (AvgIpc) is 2.27. The minimum absolute atomic E-state index is 0.286. The van der Waals surface area contributed by atoms with Crippen molar-refractivity contribution in [2.24, 2.45) is 0 Å². The Morgan fingerprint density at radius 1 is 0.846 bits per heavy atom. The number of hydrogen-bond donors (Lipinski definition) is 0. The van der Waals surface area contributed by atoms with Gasteiger partial charge in [0, 0.05) is 16.7 Å². The second kappa shape index (κ2) is 7.64. The molecular weight excluding hydrogens is 409 g/mol. The lowest BCUT2D eigenvalue weighted by atomic mass is 10.00. The maximum atomic E-state index is 6.99. The van der Waals surface area contributed by atoms with Gasteiger partial charge >= 0.3 is 0 Å². The highest BCUT2D eigenvalue weighted by Gasteiger charge is 2.65. The van der Waals surface area contributed by atoms with Crippen molar-refractivity contribution >= 4 is 43.5 Å². The van der Waals surface area contributed by atoms with E-state index in [4.69, 9.17) is 17.7 Å². The summed E-state index contributed by atoms with van der Waals surface area (Å²) in [6.45, 7) is 27.1. The third-order valence-corrected chi connectivity index (χ3v) is 10.0. The molecule has 0 radical (unpaired) electrons. The van der Waals surface area contributed by atoms with Gasteiger partial charge in [-0.15, -0.1) is 0 Å². The monoisotopic (exact) mass is 452 g/mol. The van der Waals surface area contributed by atoms with Crippen LogP contribution in [0, 0.1) is 0 Å². The van der Waals surface area contributed by atoms with Crippen molar-refractivity contribution in [1.29, 1.82) is 0 Å².